The minimum absolute atomic E-state index is 0.0754. The van der Waals surface area contributed by atoms with E-state index in [9.17, 15) is 19.2 Å². The lowest BCUT2D eigenvalue weighted by Crippen LogP contribution is -2.49. The molecule has 0 unspecified atom stereocenters. The number of nitriles is 1. The van der Waals surface area contributed by atoms with Gasteiger partial charge in [-0.2, -0.15) is 5.26 Å². The highest BCUT2D eigenvalue weighted by atomic mass is 32.2. The molecule has 0 atom stereocenters. The van der Waals surface area contributed by atoms with Crippen molar-refractivity contribution in [2.24, 2.45) is 0 Å². The van der Waals surface area contributed by atoms with Gasteiger partial charge in [0.05, 0.1) is 10.6 Å². The highest BCUT2D eigenvalue weighted by Gasteiger charge is 2.35. The van der Waals surface area contributed by atoms with Gasteiger partial charge in [0.2, 0.25) is 0 Å². The number of pyridine rings is 1. The van der Waals surface area contributed by atoms with Crippen LogP contribution in [0.4, 0.5) is 15.9 Å². The van der Waals surface area contributed by atoms with Crippen molar-refractivity contribution >= 4 is 51.8 Å². The maximum atomic E-state index is 14.4. The molecule has 200 valence electrons. The minimum Gasteiger partial charge on any atom is -0.366 e. The summed E-state index contributed by atoms with van der Waals surface area (Å²) in [4.78, 5) is 32.9. The number of carbonyl (C=O) groups is 1. The van der Waals surface area contributed by atoms with Crippen LogP contribution in [0.15, 0.2) is 34.0 Å². The van der Waals surface area contributed by atoms with Crippen LogP contribution in [0.3, 0.4) is 0 Å². The maximum Gasteiger partial charge on any atom is 0.270 e. The fourth-order valence-corrected chi connectivity index (χ4v) is 6.44. The number of hydrogen-bond acceptors (Lipinski definition) is 7. The summed E-state index contributed by atoms with van der Waals surface area (Å²) < 4.78 is 16.6. The van der Waals surface area contributed by atoms with E-state index in [-0.39, 0.29) is 28.9 Å². The monoisotopic (exact) mass is 553 g/mol. The Morgan fingerprint density at radius 2 is 1.82 bits per heavy atom. The average Bonchev–Trinajstić information content (AvgIpc) is 3.18. The number of benzene rings is 1. The van der Waals surface area contributed by atoms with Gasteiger partial charge in [-0.15, -0.1) is 0 Å². The summed E-state index contributed by atoms with van der Waals surface area (Å²) in [5.74, 6) is 0.264. The molecule has 0 spiro atoms. The van der Waals surface area contributed by atoms with Crippen LogP contribution in [-0.2, 0) is 11.3 Å². The van der Waals surface area contributed by atoms with E-state index < -0.39 is 0 Å². The van der Waals surface area contributed by atoms with Gasteiger partial charge in [0.25, 0.3) is 11.5 Å². The van der Waals surface area contributed by atoms with Gasteiger partial charge in [0.1, 0.15) is 27.6 Å². The SMILES string of the molecule is CCCCn1c(N2CCN(c3ccccc3F)CC2)c(/C=C2/SC(=S)N(C(C)C)C2=O)c(C)c(C#N)c1=O. The second-order valence-corrected chi connectivity index (χ2v) is 11.4. The first kappa shape index (κ1) is 27.9. The Kier molecular flexibility index (Phi) is 8.58. The summed E-state index contributed by atoms with van der Waals surface area (Å²) in [7, 11) is 0. The number of rotatable bonds is 7. The van der Waals surface area contributed by atoms with Crippen LogP contribution in [0.1, 0.15) is 50.3 Å². The van der Waals surface area contributed by atoms with E-state index >= 15 is 0 Å². The van der Waals surface area contributed by atoms with E-state index in [0.29, 0.717) is 64.6 Å². The Bertz CT molecular complexity index is 1390. The van der Waals surface area contributed by atoms with Crippen LogP contribution in [0.5, 0.6) is 0 Å². The molecule has 0 aliphatic carbocycles. The molecule has 2 fully saturated rings. The summed E-state index contributed by atoms with van der Waals surface area (Å²) in [5, 5.41) is 9.89. The fourth-order valence-electron chi connectivity index (χ4n) is 4.93. The topological polar surface area (TPSA) is 72.6 Å². The van der Waals surface area contributed by atoms with Crippen LogP contribution < -0.4 is 15.4 Å². The lowest BCUT2D eigenvalue weighted by Gasteiger charge is -2.39. The highest BCUT2D eigenvalue weighted by Crippen LogP contribution is 2.37. The van der Waals surface area contributed by atoms with Crippen molar-refractivity contribution in [2.45, 2.75) is 53.1 Å². The number of piperazine rings is 1. The van der Waals surface area contributed by atoms with Gasteiger partial charge in [0.15, 0.2) is 0 Å². The molecular weight excluding hydrogens is 521 g/mol. The van der Waals surface area contributed by atoms with Crippen molar-refractivity contribution < 1.29 is 9.18 Å². The molecule has 1 aromatic carbocycles. The Labute approximate surface area is 232 Å². The maximum absolute atomic E-state index is 14.4. The highest BCUT2D eigenvalue weighted by molar-refractivity contribution is 8.26. The van der Waals surface area contributed by atoms with E-state index in [2.05, 4.69) is 17.9 Å². The molecule has 10 heteroatoms. The number of carbonyl (C=O) groups excluding carboxylic acids is 1. The molecule has 38 heavy (non-hydrogen) atoms. The number of aromatic nitrogens is 1. The predicted molar refractivity (Wildman–Crippen MR) is 156 cm³/mol. The number of amides is 1. The Morgan fingerprint density at radius 3 is 2.39 bits per heavy atom. The van der Waals surface area contributed by atoms with Gasteiger partial charge in [-0.3, -0.25) is 19.1 Å². The fraction of sp³-hybridized carbons (Fsp3) is 0.429. The Morgan fingerprint density at radius 1 is 1.16 bits per heavy atom. The number of unbranched alkanes of at least 4 members (excludes halogenated alkanes) is 1. The van der Waals surface area contributed by atoms with Crippen LogP contribution in [0.25, 0.3) is 6.08 Å². The summed E-state index contributed by atoms with van der Waals surface area (Å²) in [5.41, 5.74) is 1.55. The summed E-state index contributed by atoms with van der Waals surface area (Å²) >= 11 is 6.71. The Hall–Kier alpha value is -3.16. The van der Waals surface area contributed by atoms with Gasteiger partial charge in [-0.05, 0) is 51.0 Å². The van der Waals surface area contributed by atoms with Crippen molar-refractivity contribution in [1.82, 2.24) is 9.47 Å². The zero-order valence-corrected chi connectivity index (χ0v) is 23.8. The summed E-state index contributed by atoms with van der Waals surface area (Å²) in [6.45, 7) is 10.3. The zero-order valence-electron chi connectivity index (χ0n) is 22.2. The molecule has 2 aliphatic heterocycles. The largest absolute Gasteiger partial charge is 0.366 e. The Balaban J connectivity index is 1.82. The molecule has 0 bridgehead atoms. The number of hydrogen-bond donors (Lipinski definition) is 0. The zero-order chi connectivity index (χ0) is 27.6. The van der Waals surface area contributed by atoms with Gasteiger partial charge >= 0.3 is 0 Å². The summed E-state index contributed by atoms with van der Waals surface area (Å²) in [6, 6.07) is 8.75. The molecule has 0 saturated carbocycles. The van der Waals surface area contributed by atoms with Crippen molar-refractivity contribution in [3.63, 3.8) is 0 Å². The number of anilines is 2. The van der Waals surface area contributed by atoms with Gasteiger partial charge in [-0.1, -0.05) is 49.5 Å². The van der Waals surface area contributed by atoms with Crippen molar-refractivity contribution in [3.8, 4) is 6.07 Å². The van der Waals surface area contributed by atoms with Gasteiger partial charge < -0.3 is 9.80 Å². The molecule has 2 aromatic rings. The average molecular weight is 554 g/mol. The first-order chi connectivity index (χ1) is 18.2. The van der Waals surface area contributed by atoms with E-state index in [1.54, 1.807) is 34.6 Å². The number of halogens is 1. The van der Waals surface area contributed by atoms with E-state index in [0.717, 1.165) is 12.8 Å². The normalized spacial score (nSPS) is 17.2. The van der Waals surface area contributed by atoms with Gasteiger partial charge in [-0.25, -0.2) is 4.39 Å². The van der Waals surface area contributed by atoms with Crippen LogP contribution in [0, 0.1) is 24.1 Å². The first-order valence-corrected chi connectivity index (χ1v) is 14.1. The van der Waals surface area contributed by atoms with Crippen molar-refractivity contribution in [2.75, 3.05) is 36.0 Å². The lowest BCUT2D eigenvalue weighted by molar-refractivity contribution is -0.123. The van der Waals surface area contributed by atoms with E-state index in [4.69, 9.17) is 12.2 Å². The molecule has 1 amide bonds. The second-order valence-electron chi connectivity index (χ2n) is 9.73. The third kappa shape index (κ3) is 5.22. The molecule has 4 rings (SSSR count). The lowest BCUT2D eigenvalue weighted by atomic mass is 10.0. The van der Waals surface area contributed by atoms with E-state index in [1.165, 1.54) is 17.8 Å². The second kappa shape index (κ2) is 11.7. The third-order valence-electron chi connectivity index (χ3n) is 6.97. The quantitative estimate of drug-likeness (QED) is 0.357. The molecule has 0 radical (unpaired) electrons. The standard InChI is InChI=1S/C28H32FN5O2S2/c1-5-6-11-33-25(32-14-12-31(13-15-32)23-10-8-7-9-22(23)29)20(19(4)21(17-30)26(33)35)16-24-27(36)34(18(2)3)28(37)38-24/h7-10,16,18H,5-6,11-15H2,1-4H3/b24-16+. The van der Waals surface area contributed by atoms with Crippen LogP contribution >= 0.6 is 24.0 Å². The number of nitrogens with zero attached hydrogens (tertiary/aromatic N) is 5. The van der Waals surface area contributed by atoms with Crippen molar-refractivity contribution in [1.29, 1.82) is 5.26 Å². The number of thiocarbonyl (C=S) groups is 1. The van der Waals surface area contributed by atoms with Crippen molar-refractivity contribution in [3.05, 3.63) is 62.0 Å². The number of thioether (sulfide) groups is 1. The molecule has 0 N–H and O–H groups in total. The van der Waals surface area contributed by atoms with Crippen LogP contribution in [-0.4, -0.2) is 51.9 Å². The molecule has 2 saturated heterocycles. The molecule has 7 nitrogen and oxygen atoms in total. The molecule has 2 aliphatic rings. The minimum atomic E-state index is -0.322. The molecule has 1 aromatic heterocycles. The first-order valence-electron chi connectivity index (χ1n) is 12.9. The predicted octanol–water partition coefficient (Wildman–Crippen LogP) is 4.90. The smallest absolute Gasteiger partial charge is 0.270 e. The number of para-hydroxylation sites is 1. The molecule has 3 heterocycles. The van der Waals surface area contributed by atoms with E-state index in [1.807, 2.05) is 24.8 Å². The molecular formula is C28H32FN5O2S2. The summed E-state index contributed by atoms with van der Waals surface area (Å²) in [6.07, 6.45) is 3.44. The van der Waals surface area contributed by atoms with Gasteiger partial charge in [0, 0.05) is 44.3 Å². The van der Waals surface area contributed by atoms with Crippen LogP contribution in [0.2, 0.25) is 0 Å². The third-order valence-corrected chi connectivity index (χ3v) is 8.30.